The van der Waals surface area contributed by atoms with Gasteiger partial charge in [0.25, 0.3) is 0 Å². The molecule has 0 aromatic heterocycles. The van der Waals surface area contributed by atoms with Gasteiger partial charge in [0.2, 0.25) is 11.8 Å². The molecule has 0 spiro atoms. The standard InChI is InChI=1S/C19H19FN2O4/c1-25-16-8-7-13(10-14(16)20)21-19(24)12-9-18(23)22(11-12)15-5-3-4-6-17(15)26-2/h3-8,10,12H,9,11H2,1-2H3,(H,21,24). The van der Waals surface area contributed by atoms with Gasteiger partial charge >= 0.3 is 0 Å². The predicted molar refractivity (Wildman–Crippen MR) is 95.0 cm³/mol. The zero-order valence-corrected chi connectivity index (χ0v) is 14.5. The number of ether oxygens (including phenoxy) is 2. The molecular weight excluding hydrogens is 339 g/mol. The number of rotatable bonds is 5. The van der Waals surface area contributed by atoms with Gasteiger partial charge in [-0.3, -0.25) is 9.59 Å². The number of benzene rings is 2. The fraction of sp³-hybridized carbons (Fsp3) is 0.263. The minimum Gasteiger partial charge on any atom is -0.495 e. The van der Waals surface area contributed by atoms with E-state index in [4.69, 9.17) is 9.47 Å². The molecule has 136 valence electrons. The number of anilines is 2. The maximum Gasteiger partial charge on any atom is 0.229 e. The number of hydrogen-bond acceptors (Lipinski definition) is 4. The van der Waals surface area contributed by atoms with Crippen LogP contribution >= 0.6 is 0 Å². The minimum atomic E-state index is -0.566. The van der Waals surface area contributed by atoms with Gasteiger partial charge in [-0.2, -0.15) is 0 Å². The highest BCUT2D eigenvalue weighted by atomic mass is 19.1. The Morgan fingerprint density at radius 3 is 2.58 bits per heavy atom. The van der Waals surface area contributed by atoms with Crippen molar-refractivity contribution in [3.8, 4) is 11.5 Å². The monoisotopic (exact) mass is 358 g/mol. The molecule has 1 aliphatic rings. The Kier molecular flexibility index (Phi) is 5.06. The molecule has 1 aliphatic heterocycles. The van der Waals surface area contributed by atoms with E-state index >= 15 is 0 Å². The molecule has 3 rings (SSSR count). The Hall–Kier alpha value is -3.09. The van der Waals surface area contributed by atoms with E-state index in [1.54, 1.807) is 24.3 Å². The van der Waals surface area contributed by atoms with Crippen LogP contribution in [0.4, 0.5) is 15.8 Å². The van der Waals surface area contributed by atoms with Crippen molar-refractivity contribution in [1.82, 2.24) is 0 Å². The molecule has 1 heterocycles. The topological polar surface area (TPSA) is 67.9 Å². The maximum absolute atomic E-state index is 13.8. The summed E-state index contributed by atoms with van der Waals surface area (Å²) in [6.45, 7) is 0.240. The Labute approximate surface area is 150 Å². The number of carbonyl (C=O) groups excluding carboxylic acids is 2. The molecule has 7 heteroatoms. The molecule has 1 fully saturated rings. The molecule has 2 aromatic carbocycles. The van der Waals surface area contributed by atoms with E-state index in [0.29, 0.717) is 17.1 Å². The zero-order chi connectivity index (χ0) is 18.7. The average Bonchev–Trinajstić information content (AvgIpc) is 3.03. The summed E-state index contributed by atoms with van der Waals surface area (Å²) in [4.78, 5) is 26.4. The van der Waals surface area contributed by atoms with Crippen molar-refractivity contribution in [3.63, 3.8) is 0 Å². The van der Waals surface area contributed by atoms with Gasteiger partial charge in [0.05, 0.1) is 25.8 Å². The Balaban J connectivity index is 1.72. The number of para-hydroxylation sites is 2. The van der Waals surface area contributed by atoms with Gasteiger partial charge in [0.15, 0.2) is 11.6 Å². The van der Waals surface area contributed by atoms with Crippen LogP contribution in [0.1, 0.15) is 6.42 Å². The van der Waals surface area contributed by atoms with Crippen LogP contribution in [0.2, 0.25) is 0 Å². The van der Waals surface area contributed by atoms with E-state index in [1.165, 1.54) is 31.3 Å². The van der Waals surface area contributed by atoms with E-state index in [2.05, 4.69) is 5.32 Å². The molecule has 0 bridgehead atoms. The predicted octanol–water partition coefficient (Wildman–Crippen LogP) is 2.83. The largest absolute Gasteiger partial charge is 0.495 e. The van der Waals surface area contributed by atoms with Crippen LogP contribution in [0, 0.1) is 11.7 Å². The molecule has 0 aliphatic carbocycles. The van der Waals surface area contributed by atoms with Crippen molar-refractivity contribution in [2.24, 2.45) is 5.92 Å². The summed E-state index contributed by atoms with van der Waals surface area (Å²) in [7, 11) is 2.90. The normalized spacial score (nSPS) is 16.5. The van der Waals surface area contributed by atoms with Crippen LogP contribution in [0.5, 0.6) is 11.5 Å². The van der Waals surface area contributed by atoms with Gasteiger partial charge in [-0.05, 0) is 24.3 Å². The number of methoxy groups -OCH3 is 2. The van der Waals surface area contributed by atoms with Crippen molar-refractivity contribution in [2.45, 2.75) is 6.42 Å². The van der Waals surface area contributed by atoms with E-state index in [1.807, 2.05) is 6.07 Å². The van der Waals surface area contributed by atoms with Crippen molar-refractivity contribution in [2.75, 3.05) is 31.0 Å². The number of hydrogen-bond donors (Lipinski definition) is 1. The molecule has 1 unspecified atom stereocenters. The molecule has 6 nitrogen and oxygen atoms in total. The third-order valence-electron chi connectivity index (χ3n) is 4.29. The first-order chi connectivity index (χ1) is 12.5. The second-order valence-electron chi connectivity index (χ2n) is 5.92. The third kappa shape index (κ3) is 3.46. The summed E-state index contributed by atoms with van der Waals surface area (Å²) in [5, 5.41) is 2.65. The van der Waals surface area contributed by atoms with E-state index < -0.39 is 11.7 Å². The highest BCUT2D eigenvalue weighted by molar-refractivity contribution is 6.04. The summed E-state index contributed by atoms with van der Waals surface area (Å²) in [5.74, 6) is -0.919. The van der Waals surface area contributed by atoms with Crippen molar-refractivity contribution >= 4 is 23.2 Å². The molecule has 1 saturated heterocycles. The van der Waals surface area contributed by atoms with Crippen LogP contribution in [0.3, 0.4) is 0 Å². The lowest BCUT2D eigenvalue weighted by Gasteiger charge is -2.19. The molecule has 2 aromatic rings. The number of amides is 2. The first-order valence-corrected chi connectivity index (χ1v) is 8.11. The van der Waals surface area contributed by atoms with Crippen LogP contribution < -0.4 is 19.7 Å². The van der Waals surface area contributed by atoms with Gasteiger partial charge in [0, 0.05) is 24.7 Å². The fourth-order valence-electron chi connectivity index (χ4n) is 2.96. The second kappa shape index (κ2) is 7.43. The van der Waals surface area contributed by atoms with Gasteiger partial charge in [-0.15, -0.1) is 0 Å². The molecule has 1 N–H and O–H groups in total. The minimum absolute atomic E-state index is 0.0858. The van der Waals surface area contributed by atoms with Crippen LogP contribution in [-0.4, -0.2) is 32.6 Å². The molecule has 0 saturated carbocycles. The highest BCUT2D eigenvalue weighted by Gasteiger charge is 2.36. The Morgan fingerprint density at radius 2 is 1.88 bits per heavy atom. The maximum atomic E-state index is 13.8. The lowest BCUT2D eigenvalue weighted by atomic mass is 10.1. The molecular formula is C19H19FN2O4. The van der Waals surface area contributed by atoms with E-state index in [-0.39, 0.29) is 30.5 Å². The SMILES string of the molecule is COc1ccc(NC(=O)C2CC(=O)N(c3ccccc3OC)C2)cc1F. The van der Waals surface area contributed by atoms with Crippen LogP contribution in [0.15, 0.2) is 42.5 Å². The lowest BCUT2D eigenvalue weighted by Crippen LogP contribution is -2.28. The molecule has 1 atom stereocenters. The van der Waals surface area contributed by atoms with Gasteiger partial charge in [-0.1, -0.05) is 12.1 Å². The lowest BCUT2D eigenvalue weighted by molar-refractivity contribution is -0.122. The van der Waals surface area contributed by atoms with Crippen molar-refractivity contribution in [1.29, 1.82) is 0 Å². The summed E-state index contributed by atoms with van der Waals surface area (Å²) in [5.41, 5.74) is 0.947. The zero-order valence-electron chi connectivity index (χ0n) is 14.5. The van der Waals surface area contributed by atoms with E-state index in [0.717, 1.165) is 0 Å². The van der Waals surface area contributed by atoms with Gasteiger partial charge < -0.3 is 19.7 Å². The van der Waals surface area contributed by atoms with Crippen LogP contribution in [0.25, 0.3) is 0 Å². The number of halogens is 1. The fourth-order valence-corrected chi connectivity index (χ4v) is 2.96. The van der Waals surface area contributed by atoms with Gasteiger partial charge in [-0.25, -0.2) is 4.39 Å². The summed E-state index contributed by atoms with van der Waals surface area (Å²) in [6, 6.07) is 11.3. The van der Waals surface area contributed by atoms with Crippen molar-refractivity contribution in [3.05, 3.63) is 48.3 Å². The average molecular weight is 358 g/mol. The first-order valence-electron chi connectivity index (χ1n) is 8.11. The third-order valence-corrected chi connectivity index (χ3v) is 4.29. The Bertz CT molecular complexity index is 840. The number of nitrogens with zero attached hydrogens (tertiary/aromatic N) is 1. The van der Waals surface area contributed by atoms with Gasteiger partial charge in [0.1, 0.15) is 5.75 Å². The molecule has 0 radical (unpaired) electrons. The number of nitrogens with one attached hydrogen (secondary N) is 1. The van der Waals surface area contributed by atoms with Crippen molar-refractivity contribution < 1.29 is 23.5 Å². The quantitative estimate of drug-likeness (QED) is 0.892. The Morgan fingerprint density at radius 1 is 1.15 bits per heavy atom. The second-order valence-corrected chi connectivity index (χ2v) is 5.92. The summed E-state index contributed by atoms with van der Waals surface area (Å²) in [6.07, 6.45) is 0.0858. The van der Waals surface area contributed by atoms with E-state index in [9.17, 15) is 14.0 Å². The number of carbonyl (C=O) groups is 2. The smallest absolute Gasteiger partial charge is 0.229 e. The first kappa shape index (κ1) is 17.7. The molecule has 26 heavy (non-hydrogen) atoms. The summed E-state index contributed by atoms with van der Waals surface area (Å²) < 4.78 is 23.9. The molecule has 2 amide bonds. The van der Waals surface area contributed by atoms with Crippen LogP contribution in [-0.2, 0) is 9.59 Å². The summed E-state index contributed by atoms with van der Waals surface area (Å²) >= 11 is 0. The highest BCUT2D eigenvalue weighted by Crippen LogP contribution is 2.33.